The second kappa shape index (κ2) is 11.2. The van der Waals surface area contributed by atoms with Crippen LogP contribution in [0.25, 0.3) is 0 Å². The zero-order valence-corrected chi connectivity index (χ0v) is 17.9. The van der Waals surface area contributed by atoms with E-state index in [1.165, 1.54) is 5.56 Å². The second-order valence-corrected chi connectivity index (χ2v) is 8.03. The number of hydrogen-bond acceptors (Lipinski definition) is 5. The molecular formula is C25H31NO5. The lowest BCUT2D eigenvalue weighted by molar-refractivity contribution is -0.0493. The van der Waals surface area contributed by atoms with Gasteiger partial charge in [-0.2, -0.15) is 0 Å². The zero-order valence-electron chi connectivity index (χ0n) is 17.9. The van der Waals surface area contributed by atoms with Crippen LogP contribution in [0.5, 0.6) is 5.75 Å². The number of nitrogens with zero attached hydrogens (tertiary/aromatic N) is 1. The van der Waals surface area contributed by atoms with Crippen molar-refractivity contribution < 1.29 is 23.7 Å². The molecule has 0 atom stereocenters. The highest BCUT2D eigenvalue weighted by atomic mass is 16.7. The largest absolute Gasteiger partial charge is 0.494 e. The second-order valence-electron chi connectivity index (χ2n) is 8.03. The van der Waals surface area contributed by atoms with Gasteiger partial charge in [0.05, 0.1) is 19.8 Å². The maximum Gasteiger partial charge on any atom is 0.410 e. The first-order chi connectivity index (χ1) is 15.3. The van der Waals surface area contributed by atoms with Crippen molar-refractivity contribution in [2.24, 2.45) is 0 Å². The number of carbonyl (C=O) groups excluding carboxylic acids is 1. The average Bonchev–Trinajstić information content (AvgIpc) is 3.35. The van der Waals surface area contributed by atoms with Gasteiger partial charge in [-0.15, -0.1) is 0 Å². The van der Waals surface area contributed by atoms with Crippen LogP contribution in [-0.4, -0.2) is 50.2 Å². The molecule has 0 aromatic heterocycles. The summed E-state index contributed by atoms with van der Waals surface area (Å²) in [6.45, 7) is 3.82. The van der Waals surface area contributed by atoms with Gasteiger partial charge in [-0.3, -0.25) is 0 Å². The van der Waals surface area contributed by atoms with Gasteiger partial charge in [-0.25, -0.2) is 4.79 Å². The van der Waals surface area contributed by atoms with Crippen LogP contribution >= 0.6 is 0 Å². The van der Waals surface area contributed by atoms with Crippen LogP contribution in [0.1, 0.15) is 42.7 Å². The maximum absolute atomic E-state index is 12.3. The van der Waals surface area contributed by atoms with Crippen molar-refractivity contribution in [1.29, 1.82) is 0 Å². The number of likely N-dealkylation sites (tertiary alicyclic amines) is 1. The van der Waals surface area contributed by atoms with Crippen LogP contribution in [0, 0.1) is 0 Å². The normalized spacial score (nSPS) is 17.6. The molecule has 0 N–H and O–H groups in total. The van der Waals surface area contributed by atoms with E-state index in [1.807, 2.05) is 47.4 Å². The predicted octanol–water partition coefficient (Wildman–Crippen LogP) is 4.73. The van der Waals surface area contributed by atoms with Crippen LogP contribution in [0.15, 0.2) is 54.6 Å². The summed E-state index contributed by atoms with van der Waals surface area (Å²) in [5.74, 6) is 1.35. The Hall–Kier alpha value is -2.57. The number of piperidine rings is 1. The Labute approximate surface area is 184 Å². The standard InChI is InChI=1S/C25H31NO5/c27-25(31-19-20-5-2-1-3-6-20)26-14-12-22(13-15-26)21-8-10-23(11-9-21)28-16-4-7-24-29-17-18-30-24/h1-3,5-6,8-11,22,24H,4,7,12-19H2. The van der Waals surface area contributed by atoms with Crippen LogP contribution in [0.3, 0.4) is 0 Å². The topological polar surface area (TPSA) is 57.2 Å². The van der Waals surface area contributed by atoms with Gasteiger partial charge in [-0.05, 0) is 48.4 Å². The first-order valence-corrected chi connectivity index (χ1v) is 11.2. The summed E-state index contributed by atoms with van der Waals surface area (Å²) in [4.78, 5) is 14.2. The van der Waals surface area contributed by atoms with E-state index >= 15 is 0 Å². The third-order valence-corrected chi connectivity index (χ3v) is 5.85. The lowest BCUT2D eigenvalue weighted by Gasteiger charge is -2.31. The van der Waals surface area contributed by atoms with Crippen LogP contribution in [0.4, 0.5) is 4.79 Å². The lowest BCUT2D eigenvalue weighted by atomic mass is 9.89. The number of amides is 1. The summed E-state index contributed by atoms with van der Waals surface area (Å²) in [5, 5.41) is 0. The van der Waals surface area contributed by atoms with Crippen LogP contribution in [-0.2, 0) is 20.8 Å². The Morgan fingerprint density at radius 2 is 1.68 bits per heavy atom. The van der Waals surface area contributed by atoms with Crippen molar-refractivity contribution in [3.8, 4) is 5.75 Å². The quantitative estimate of drug-likeness (QED) is 0.572. The first-order valence-electron chi connectivity index (χ1n) is 11.2. The van der Waals surface area contributed by atoms with Gasteiger partial charge in [0, 0.05) is 19.5 Å². The van der Waals surface area contributed by atoms with E-state index in [9.17, 15) is 4.79 Å². The van der Waals surface area contributed by atoms with Crippen LogP contribution in [0.2, 0.25) is 0 Å². The first kappa shape index (κ1) is 21.7. The van der Waals surface area contributed by atoms with Crippen LogP contribution < -0.4 is 4.74 Å². The minimum absolute atomic E-state index is 0.0625. The van der Waals surface area contributed by atoms with Crippen molar-refractivity contribution in [2.75, 3.05) is 32.9 Å². The van der Waals surface area contributed by atoms with Crippen molar-refractivity contribution >= 4 is 6.09 Å². The zero-order chi connectivity index (χ0) is 21.3. The molecule has 0 aliphatic carbocycles. The molecule has 2 fully saturated rings. The van der Waals surface area contributed by atoms with Gasteiger partial charge in [0.15, 0.2) is 6.29 Å². The summed E-state index contributed by atoms with van der Waals surface area (Å²) >= 11 is 0. The molecule has 2 aliphatic heterocycles. The van der Waals surface area contributed by atoms with E-state index in [0.717, 1.165) is 50.1 Å². The molecule has 0 spiro atoms. The average molecular weight is 426 g/mol. The van der Waals surface area contributed by atoms with Gasteiger partial charge in [0.1, 0.15) is 12.4 Å². The molecule has 166 valence electrons. The number of ether oxygens (including phenoxy) is 4. The number of hydrogen-bond donors (Lipinski definition) is 0. The van der Waals surface area contributed by atoms with E-state index in [-0.39, 0.29) is 12.4 Å². The molecule has 2 aromatic carbocycles. The third-order valence-electron chi connectivity index (χ3n) is 5.85. The van der Waals surface area contributed by atoms with Gasteiger partial charge in [-0.1, -0.05) is 42.5 Å². The number of carbonyl (C=O) groups is 1. The minimum atomic E-state index is -0.223. The van der Waals surface area contributed by atoms with Gasteiger partial charge >= 0.3 is 6.09 Å². The molecule has 2 heterocycles. The highest BCUT2D eigenvalue weighted by molar-refractivity contribution is 5.67. The number of benzene rings is 2. The molecule has 6 heteroatoms. The fourth-order valence-electron chi connectivity index (χ4n) is 4.06. The summed E-state index contributed by atoms with van der Waals surface area (Å²) < 4.78 is 22.2. The SMILES string of the molecule is O=C(OCc1ccccc1)N1CCC(c2ccc(OCCCC3OCCO3)cc2)CC1. The molecule has 4 rings (SSSR count). The third kappa shape index (κ3) is 6.45. The fraction of sp³-hybridized carbons (Fsp3) is 0.480. The molecule has 2 aromatic rings. The monoisotopic (exact) mass is 425 g/mol. The van der Waals surface area contributed by atoms with Gasteiger partial charge in [0.25, 0.3) is 0 Å². The van der Waals surface area contributed by atoms with Gasteiger partial charge in [0.2, 0.25) is 0 Å². The lowest BCUT2D eigenvalue weighted by Crippen LogP contribution is -2.38. The van der Waals surface area contributed by atoms with Gasteiger partial charge < -0.3 is 23.8 Å². The molecule has 2 saturated heterocycles. The van der Waals surface area contributed by atoms with E-state index in [0.29, 0.717) is 32.3 Å². The summed E-state index contributed by atoms with van der Waals surface area (Å²) in [7, 11) is 0. The van der Waals surface area contributed by atoms with Crippen molar-refractivity contribution in [3.63, 3.8) is 0 Å². The van der Waals surface area contributed by atoms with Crippen molar-refractivity contribution in [3.05, 3.63) is 65.7 Å². The molecule has 2 aliphatic rings. The fourth-order valence-corrected chi connectivity index (χ4v) is 4.06. The number of rotatable bonds is 8. The van der Waals surface area contributed by atoms with E-state index in [1.54, 1.807) is 0 Å². The van der Waals surface area contributed by atoms with Crippen molar-refractivity contribution in [1.82, 2.24) is 4.90 Å². The minimum Gasteiger partial charge on any atom is -0.494 e. The molecule has 0 bridgehead atoms. The Kier molecular flexibility index (Phi) is 7.80. The molecule has 0 unspecified atom stereocenters. The Morgan fingerprint density at radius 1 is 0.968 bits per heavy atom. The molecule has 6 nitrogen and oxygen atoms in total. The summed E-state index contributed by atoms with van der Waals surface area (Å²) in [6, 6.07) is 18.2. The molecule has 0 saturated carbocycles. The summed E-state index contributed by atoms with van der Waals surface area (Å²) in [6.07, 6.45) is 3.38. The molecule has 31 heavy (non-hydrogen) atoms. The van der Waals surface area contributed by atoms with E-state index in [4.69, 9.17) is 18.9 Å². The van der Waals surface area contributed by atoms with Crippen molar-refractivity contribution in [2.45, 2.75) is 44.5 Å². The van der Waals surface area contributed by atoms with E-state index in [2.05, 4.69) is 12.1 Å². The molecule has 0 radical (unpaired) electrons. The Balaban J connectivity index is 1.16. The maximum atomic E-state index is 12.3. The predicted molar refractivity (Wildman–Crippen MR) is 117 cm³/mol. The Morgan fingerprint density at radius 3 is 2.39 bits per heavy atom. The summed E-state index contributed by atoms with van der Waals surface area (Å²) in [5.41, 5.74) is 2.31. The molecular weight excluding hydrogens is 394 g/mol. The highest BCUT2D eigenvalue weighted by Crippen LogP contribution is 2.29. The molecule has 1 amide bonds. The Bertz CT molecular complexity index is 796. The smallest absolute Gasteiger partial charge is 0.410 e. The van der Waals surface area contributed by atoms with E-state index < -0.39 is 0 Å². The highest BCUT2D eigenvalue weighted by Gasteiger charge is 2.24.